The summed E-state index contributed by atoms with van der Waals surface area (Å²) in [5.41, 5.74) is 0.635. The van der Waals surface area contributed by atoms with E-state index in [1.807, 2.05) is 0 Å². The van der Waals surface area contributed by atoms with Gasteiger partial charge in [0.05, 0.1) is 14.2 Å². The van der Waals surface area contributed by atoms with Gasteiger partial charge in [-0.25, -0.2) is 0 Å². The van der Waals surface area contributed by atoms with Gasteiger partial charge in [-0.3, -0.25) is 9.59 Å². The van der Waals surface area contributed by atoms with Gasteiger partial charge in [0.15, 0.2) is 0 Å². The molecule has 86 valence electrons. The molecule has 0 aliphatic heterocycles. The van der Waals surface area contributed by atoms with E-state index in [-0.39, 0.29) is 6.42 Å². The highest BCUT2D eigenvalue weighted by Crippen LogP contribution is 2.25. The number of carbonyl (C=O) groups is 2. The molecule has 0 saturated carbocycles. The minimum atomic E-state index is -0.752. The van der Waals surface area contributed by atoms with E-state index in [2.05, 4.69) is 12.6 Å². The summed E-state index contributed by atoms with van der Waals surface area (Å²) in [5.74, 6) is 0.583. The Morgan fingerprint density at radius 3 is 2.44 bits per heavy atom. The average molecular weight is 240 g/mol. The molecule has 5 heteroatoms. The second-order valence-corrected chi connectivity index (χ2v) is 3.49. The van der Waals surface area contributed by atoms with Gasteiger partial charge in [-0.15, -0.1) is 0 Å². The van der Waals surface area contributed by atoms with Crippen molar-refractivity contribution < 1.29 is 19.1 Å². The molecule has 0 aliphatic rings. The van der Waals surface area contributed by atoms with Crippen molar-refractivity contribution in [2.24, 2.45) is 0 Å². The Morgan fingerprint density at radius 2 is 1.94 bits per heavy atom. The van der Waals surface area contributed by atoms with Gasteiger partial charge in [-0.05, 0) is 6.07 Å². The Morgan fingerprint density at radius 1 is 1.25 bits per heavy atom. The summed E-state index contributed by atoms with van der Waals surface area (Å²) >= 11 is 3.47. The molecule has 0 spiro atoms. The SMILES string of the molecule is COc1ccc(CC(=O)C(=O)S)c(OC)c1. The van der Waals surface area contributed by atoms with Crippen molar-refractivity contribution in [2.75, 3.05) is 14.2 Å². The van der Waals surface area contributed by atoms with E-state index in [1.165, 1.54) is 14.2 Å². The number of hydrogen-bond donors (Lipinski definition) is 1. The van der Waals surface area contributed by atoms with Crippen LogP contribution >= 0.6 is 12.6 Å². The van der Waals surface area contributed by atoms with Crippen LogP contribution in [0.1, 0.15) is 5.56 Å². The number of carbonyl (C=O) groups excluding carboxylic acids is 2. The number of ketones is 1. The van der Waals surface area contributed by atoms with Crippen LogP contribution in [0.25, 0.3) is 0 Å². The van der Waals surface area contributed by atoms with Gasteiger partial charge >= 0.3 is 0 Å². The summed E-state index contributed by atoms with van der Waals surface area (Å²) in [7, 11) is 3.03. The van der Waals surface area contributed by atoms with E-state index in [1.54, 1.807) is 18.2 Å². The molecule has 1 aromatic carbocycles. The molecule has 1 aromatic rings. The summed E-state index contributed by atoms with van der Waals surface area (Å²) < 4.78 is 10.1. The first-order valence-corrected chi connectivity index (χ1v) is 5.00. The van der Waals surface area contributed by atoms with Crippen molar-refractivity contribution >= 4 is 23.5 Å². The third kappa shape index (κ3) is 3.00. The van der Waals surface area contributed by atoms with Crippen molar-refractivity contribution in [3.63, 3.8) is 0 Å². The fourth-order valence-corrected chi connectivity index (χ4v) is 1.33. The van der Waals surface area contributed by atoms with E-state index in [0.29, 0.717) is 17.1 Å². The standard InChI is InChI=1S/C11H12O4S/c1-14-8-4-3-7(10(6-8)15-2)5-9(12)11(13)16/h3-4,6H,5H2,1-2H3,(H,13,16). The van der Waals surface area contributed by atoms with Crippen molar-refractivity contribution in [2.45, 2.75) is 6.42 Å². The zero-order valence-electron chi connectivity index (χ0n) is 9.02. The predicted molar refractivity (Wildman–Crippen MR) is 62.3 cm³/mol. The molecule has 0 saturated heterocycles. The van der Waals surface area contributed by atoms with E-state index < -0.39 is 10.9 Å². The van der Waals surface area contributed by atoms with Crippen LogP contribution in [-0.4, -0.2) is 25.1 Å². The first-order valence-electron chi connectivity index (χ1n) is 4.55. The van der Waals surface area contributed by atoms with Crippen molar-refractivity contribution in [1.82, 2.24) is 0 Å². The number of Topliss-reactive ketones (excluding diaryl/α,β-unsaturated/α-hetero) is 1. The first-order chi connectivity index (χ1) is 7.58. The lowest BCUT2D eigenvalue weighted by molar-refractivity contribution is -0.131. The molecule has 0 amide bonds. The molecule has 1 rings (SSSR count). The number of benzene rings is 1. The van der Waals surface area contributed by atoms with Crippen LogP contribution in [0.5, 0.6) is 11.5 Å². The number of hydrogen-bond acceptors (Lipinski definition) is 4. The molecule has 16 heavy (non-hydrogen) atoms. The first kappa shape index (κ1) is 12.6. The summed E-state index contributed by atoms with van der Waals surface area (Å²) in [6.07, 6.45) is -0.0184. The van der Waals surface area contributed by atoms with Crippen LogP contribution < -0.4 is 9.47 Å². The zero-order valence-corrected chi connectivity index (χ0v) is 9.91. The molecular weight excluding hydrogens is 228 g/mol. The second-order valence-electron chi connectivity index (χ2n) is 3.08. The molecule has 0 aliphatic carbocycles. The Bertz CT molecular complexity index is 414. The largest absolute Gasteiger partial charge is 0.497 e. The molecule has 0 aromatic heterocycles. The third-order valence-corrected chi connectivity index (χ3v) is 2.33. The highest BCUT2D eigenvalue weighted by molar-refractivity contribution is 7.98. The van der Waals surface area contributed by atoms with Gasteiger partial charge in [0.1, 0.15) is 11.5 Å². The maximum atomic E-state index is 11.2. The van der Waals surface area contributed by atoms with Crippen molar-refractivity contribution in [1.29, 1.82) is 0 Å². The molecule has 0 heterocycles. The van der Waals surface area contributed by atoms with Crippen LogP contribution in [0.3, 0.4) is 0 Å². The molecule has 0 unspecified atom stereocenters. The average Bonchev–Trinajstić information content (AvgIpc) is 2.29. The minimum absolute atomic E-state index is 0.0184. The minimum Gasteiger partial charge on any atom is -0.497 e. The maximum Gasteiger partial charge on any atom is 0.252 e. The topological polar surface area (TPSA) is 52.6 Å². The molecule has 0 radical (unpaired) electrons. The quantitative estimate of drug-likeness (QED) is 0.622. The highest BCUT2D eigenvalue weighted by Gasteiger charge is 2.13. The molecular formula is C11H12O4S. The molecule has 0 fully saturated rings. The van der Waals surface area contributed by atoms with Gasteiger partial charge in [0.2, 0.25) is 5.78 Å². The summed E-state index contributed by atoms with van der Waals surface area (Å²) in [5, 5.41) is -0.752. The monoisotopic (exact) mass is 240 g/mol. The number of methoxy groups -OCH3 is 2. The third-order valence-electron chi connectivity index (χ3n) is 2.08. The lowest BCUT2D eigenvalue weighted by atomic mass is 10.1. The van der Waals surface area contributed by atoms with Crippen molar-refractivity contribution in [3.8, 4) is 11.5 Å². The van der Waals surface area contributed by atoms with Crippen LogP contribution in [-0.2, 0) is 16.0 Å². The molecule has 4 nitrogen and oxygen atoms in total. The fourth-order valence-electron chi connectivity index (χ4n) is 1.25. The number of ether oxygens (including phenoxy) is 2. The Balaban J connectivity index is 2.96. The summed E-state index contributed by atoms with van der Waals surface area (Å²) in [6, 6.07) is 5.05. The molecule has 0 bridgehead atoms. The van der Waals surface area contributed by atoms with Crippen molar-refractivity contribution in [3.05, 3.63) is 23.8 Å². The predicted octanol–water partition coefficient (Wildman–Crippen LogP) is 1.27. The highest BCUT2D eigenvalue weighted by atomic mass is 32.1. The van der Waals surface area contributed by atoms with Gasteiger partial charge in [0, 0.05) is 18.1 Å². The van der Waals surface area contributed by atoms with E-state index >= 15 is 0 Å². The maximum absolute atomic E-state index is 11.2. The van der Waals surface area contributed by atoms with Crippen LogP contribution in [0.4, 0.5) is 0 Å². The van der Waals surface area contributed by atoms with E-state index in [4.69, 9.17) is 9.47 Å². The summed E-state index contributed by atoms with van der Waals surface area (Å²) in [4.78, 5) is 21.9. The molecule has 0 atom stereocenters. The smallest absolute Gasteiger partial charge is 0.252 e. The molecule has 0 N–H and O–H groups in total. The van der Waals surface area contributed by atoms with Gasteiger partial charge in [-0.2, -0.15) is 0 Å². The second kappa shape index (κ2) is 5.55. The zero-order chi connectivity index (χ0) is 12.1. The van der Waals surface area contributed by atoms with Crippen LogP contribution in [0.15, 0.2) is 18.2 Å². The fraction of sp³-hybridized carbons (Fsp3) is 0.273. The number of rotatable bonds is 5. The summed E-state index contributed by atoms with van der Waals surface area (Å²) in [6.45, 7) is 0. The lowest BCUT2D eigenvalue weighted by Gasteiger charge is -2.08. The van der Waals surface area contributed by atoms with E-state index in [9.17, 15) is 9.59 Å². The number of thiol groups is 1. The lowest BCUT2D eigenvalue weighted by Crippen LogP contribution is -2.11. The van der Waals surface area contributed by atoms with Gasteiger partial charge < -0.3 is 9.47 Å². The van der Waals surface area contributed by atoms with Crippen LogP contribution in [0.2, 0.25) is 0 Å². The normalized spacial score (nSPS) is 9.69. The van der Waals surface area contributed by atoms with Crippen LogP contribution in [0, 0.1) is 0 Å². The van der Waals surface area contributed by atoms with Gasteiger partial charge in [-0.1, -0.05) is 18.7 Å². The Labute approximate surface area is 99.0 Å². The Hall–Kier alpha value is -1.49. The van der Waals surface area contributed by atoms with E-state index in [0.717, 1.165) is 0 Å². The van der Waals surface area contributed by atoms with Gasteiger partial charge in [0.25, 0.3) is 5.12 Å². The Kier molecular flexibility index (Phi) is 4.37.